The molecule has 0 radical (unpaired) electrons. The zero-order chi connectivity index (χ0) is 15.9. The number of rotatable bonds is 2. The molecule has 0 aromatic heterocycles. The molecule has 2 heterocycles. The molecule has 0 unspecified atom stereocenters. The summed E-state index contributed by atoms with van der Waals surface area (Å²) in [6, 6.07) is 3.40. The van der Waals surface area contributed by atoms with Crippen molar-refractivity contribution in [2.45, 2.75) is 38.3 Å². The van der Waals surface area contributed by atoms with Crippen molar-refractivity contribution in [3.05, 3.63) is 34.9 Å². The largest absolute Gasteiger partial charge is 0.322 e. The fraction of sp³-hybridized carbons (Fsp3) is 0.400. The Kier molecular flexibility index (Phi) is 3.64. The fourth-order valence-electron chi connectivity index (χ4n) is 3.00. The molecule has 1 aromatic rings. The minimum Gasteiger partial charge on any atom is -0.322 e. The topological polar surface area (TPSA) is 66.5 Å². The van der Waals surface area contributed by atoms with Gasteiger partial charge in [-0.2, -0.15) is 0 Å². The number of nitrogens with one attached hydrogen (secondary N) is 1. The van der Waals surface area contributed by atoms with Crippen LogP contribution >= 0.6 is 0 Å². The molecule has 1 N–H and O–H groups in total. The van der Waals surface area contributed by atoms with E-state index in [0.717, 1.165) is 0 Å². The Bertz CT molecular complexity index is 660. The Morgan fingerprint density at radius 3 is 2.73 bits per heavy atom. The first kappa shape index (κ1) is 14.6. The SMILES string of the molecule is O=C1CCC[C@H](N2Cc3c(cccc3C(F)F)C2=O)C(=O)N1. The smallest absolute Gasteiger partial charge is 0.264 e. The second-order valence-electron chi connectivity index (χ2n) is 5.43. The molecule has 0 saturated carbocycles. The number of carbonyl (C=O) groups is 3. The molecule has 5 nitrogen and oxygen atoms in total. The van der Waals surface area contributed by atoms with E-state index in [1.807, 2.05) is 0 Å². The molecular formula is C15H14F2N2O3. The van der Waals surface area contributed by atoms with Crippen molar-refractivity contribution in [2.75, 3.05) is 0 Å². The quantitative estimate of drug-likeness (QED) is 0.847. The van der Waals surface area contributed by atoms with E-state index in [9.17, 15) is 23.2 Å². The summed E-state index contributed by atoms with van der Waals surface area (Å²) in [5.41, 5.74) is 0.297. The lowest BCUT2D eigenvalue weighted by atomic mass is 10.0. The van der Waals surface area contributed by atoms with Gasteiger partial charge in [-0.05, 0) is 24.5 Å². The number of benzene rings is 1. The Labute approximate surface area is 125 Å². The van der Waals surface area contributed by atoms with E-state index >= 15 is 0 Å². The molecule has 3 amide bonds. The van der Waals surface area contributed by atoms with Crippen LogP contribution in [0.15, 0.2) is 18.2 Å². The molecule has 116 valence electrons. The zero-order valence-electron chi connectivity index (χ0n) is 11.6. The van der Waals surface area contributed by atoms with Crippen LogP contribution < -0.4 is 5.32 Å². The minimum absolute atomic E-state index is 0.0268. The Balaban J connectivity index is 1.92. The van der Waals surface area contributed by atoms with E-state index in [2.05, 4.69) is 5.32 Å². The number of carbonyl (C=O) groups excluding carboxylic acids is 3. The van der Waals surface area contributed by atoms with Crippen molar-refractivity contribution in [1.82, 2.24) is 10.2 Å². The summed E-state index contributed by atoms with van der Waals surface area (Å²) in [5.74, 6) is -1.35. The summed E-state index contributed by atoms with van der Waals surface area (Å²) in [6.45, 7) is -0.0268. The first-order valence-electron chi connectivity index (χ1n) is 7.03. The molecule has 2 aliphatic rings. The molecule has 3 rings (SSSR count). The minimum atomic E-state index is -2.67. The van der Waals surface area contributed by atoms with Gasteiger partial charge in [-0.15, -0.1) is 0 Å². The summed E-state index contributed by atoms with van der Waals surface area (Å²) in [7, 11) is 0. The lowest BCUT2D eigenvalue weighted by Gasteiger charge is -2.24. The Morgan fingerprint density at radius 1 is 1.23 bits per heavy atom. The van der Waals surface area contributed by atoms with E-state index in [1.54, 1.807) is 0 Å². The van der Waals surface area contributed by atoms with Crippen LogP contribution in [0.5, 0.6) is 0 Å². The maximum atomic E-state index is 13.1. The van der Waals surface area contributed by atoms with E-state index in [1.165, 1.54) is 23.1 Å². The highest BCUT2D eigenvalue weighted by Crippen LogP contribution is 2.33. The molecule has 1 fully saturated rings. The third-order valence-corrected chi connectivity index (χ3v) is 4.09. The first-order valence-corrected chi connectivity index (χ1v) is 7.03. The molecular weight excluding hydrogens is 294 g/mol. The number of nitrogens with zero attached hydrogens (tertiary/aromatic N) is 1. The third-order valence-electron chi connectivity index (χ3n) is 4.09. The van der Waals surface area contributed by atoms with Gasteiger partial charge in [-0.3, -0.25) is 19.7 Å². The normalized spacial score (nSPS) is 21.9. The van der Waals surface area contributed by atoms with Crippen LogP contribution in [0.1, 0.15) is 47.2 Å². The van der Waals surface area contributed by atoms with Crippen molar-refractivity contribution < 1.29 is 23.2 Å². The van der Waals surface area contributed by atoms with Gasteiger partial charge in [0.2, 0.25) is 11.8 Å². The van der Waals surface area contributed by atoms with E-state index in [-0.39, 0.29) is 35.6 Å². The van der Waals surface area contributed by atoms with Gasteiger partial charge < -0.3 is 4.90 Å². The van der Waals surface area contributed by atoms with E-state index in [0.29, 0.717) is 12.8 Å². The van der Waals surface area contributed by atoms with Crippen LogP contribution in [0.2, 0.25) is 0 Å². The number of imide groups is 1. The second kappa shape index (κ2) is 5.47. The molecule has 0 bridgehead atoms. The van der Waals surface area contributed by atoms with E-state index in [4.69, 9.17) is 0 Å². The Hall–Kier alpha value is -2.31. The van der Waals surface area contributed by atoms with Gasteiger partial charge in [-0.25, -0.2) is 8.78 Å². The van der Waals surface area contributed by atoms with Crippen molar-refractivity contribution >= 4 is 17.7 Å². The summed E-state index contributed by atoms with van der Waals surface area (Å²) >= 11 is 0. The van der Waals surface area contributed by atoms with Crippen molar-refractivity contribution in [2.24, 2.45) is 0 Å². The van der Waals surface area contributed by atoms with Gasteiger partial charge in [0.25, 0.3) is 12.3 Å². The first-order chi connectivity index (χ1) is 10.5. The third kappa shape index (κ3) is 2.36. The summed E-state index contributed by atoms with van der Waals surface area (Å²) < 4.78 is 26.1. The summed E-state index contributed by atoms with van der Waals surface area (Å²) in [6.07, 6.45) is -1.63. The zero-order valence-corrected chi connectivity index (χ0v) is 11.6. The number of hydrogen-bond donors (Lipinski definition) is 1. The molecule has 0 aliphatic carbocycles. The van der Waals surface area contributed by atoms with Crippen molar-refractivity contribution in [3.63, 3.8) is 0 Å². The van der Waals surface area contributed by atoms with Gasteiger partial charge in [0.15, 0.2) is 0 Å². The molecule has 1 aromatic carbocycles. The predicted octanol–water partition coefficient (Wildman–Crippen LogP) is 1.78. The van der Waals surface area contributed by atoms with Crippen molar-refractivity contribution in [1.29, 1.82) is 0 Å². The molecule has 1 atom stereocenters. The van der Waals surface area contributed by atoms with Crippen LogP contribution in [0, 0.1) is 0 Å². The van der Waals surface area contributed by atoms with Crippen LogP contribution in [-0.2, 0) is 16.1 Å². The maximum absolute atomic E-state index is 13.1. The second-order valence-corrected chi connectivity index (χ2v) is 5.43. The van der Waals surface area contributed by atoms with Gasteiger partial charge in [0.1, 0.15) is 6.04 Å². The molecule has 0 spiro atoms. The van der Waals surface area contributed by atoms with Gasteiger partial charge in [0, 0.05) is 24.1 Å². The average molecular weight is 308 g/mol. The lowest BCUT2D eigenvalue weighted by molar-refractivity contribution is -0.132. The predicted molar refractivity (Wildman–Crippen MR) is 72.1 cm³/mol. The highest BCUT2D eigenvalue weighted by atomic mass is 19.3. The van der Waals surface area contributed by atoms with Crippen LogP contribution in [-0.4, -0.2) is 28.7 Å². The molecule has 22 heavy (non-hydrogen) atoms. The van der Waals surface area contributed by atoms with Gasteiger partial charge in [-0.1, -0.05) is 12.1 Å². The Morgan fingerprint density at radius 2 is 2.00 bits per heavy atom. The summed E-state index contributed by atoms with van der Waals surface area (Å²) in [4.78, 5) is 37.1. The number of halogens is 2. The number of alkyl halides is 2. The number of amides is 3. The van der Waals surface area contributed by atoms with Crippen LogP contribution in [0.25, 0.3) is 0 Å². The van der Waals surface area contributed by atoms with Crippen molar-refractivity contribution in [3.8, 4) is 0 Å². The average Bonchev–Trinajstić information content (AvgIpc) is 2.70. The van der Waals surface area contributed by atoms with Gasteiger partial charge >= 0.3 is 0 Å². The molecule has 7 heteroatoms. The van der Waals surface area contributed by atoms with Crippen LogP contribution in [0.3, 0.4) is 0 Å². The highest BCUT2D eigenvalue weighted by molar-refractivity contribution is 6.04. The molecule has 1 saturated heterocycles. The fourth-order valence-corrected chi connectivity index (χ4v) is 3.00. The van der Waals surface area contributed by atoms with Gasteiger partial charge in [0.05, 0.1) is 0 Å². The maximum Gasteiger partial charge on any atom is 0.264 e. The standard InChI is InChI=1S/C15H14F2N2O3/c16-13(17)8-3-1-4-9-10(8)7-19(15(9)22)11-5-2-6-12(20)18-14(11)21/h1,3-4,11,13H,2,5-7H2,(H,18,20,21)/t11-/m0/s1. The lowest BCUT2D eigenvalue weighted by Crippen LogP contribution is -2.46. The number of fused-ring (bicyclic) bond motifs is 1. The molecule has 2 aliphatic heterocycles. The highest BCUT2D eigenvalue weighted by Gasteiger charge is 2.39. The summed E-state index contributed by atoms with van der Waals surface area (Å²) in [5, 5.41) is 2.23. The van der Waals surface area contributed by atoms with Crippen LogP contribution in [0.4, 0.5) is 8.78 Å². The monoisotopic (exact) mass is 308 g/mol. The van der Waals surface area contributed by atoms with E-state index < -0.39 is 24.3 Å². The number of hydrogen-bond acceptors (Lipinski definition) is 3.